The van der Waals surface area contributed by atoms with Crippen molar-refractivity contribution in [3.8, 4) is 0 Å². The molecular formula is C30H42F3N5O5. The monoisotopic (exact) mass is 609 g/mol. The molecule has 1 aromatic rings. The number of amides is 1. The van der Waals surface area contributed by atoms with Gasteiger partial charge in [0.15, 0.2) is 0 Å². The van der Waals surface area contributed by atoms with Crippen LogP contribution in [0.5, 0.6) is 0 Å². The van der Waals surface area contributed by atoms with Crippen LogP contribution in [0, 0.1) is 12.8 Å². The second-order valence-corrected chi connectivity index (χ2v) is 11.7. The number of carbonyl (C=O) groups excluding carboxylic acids is 1. The number of alkyl halides is 3. The molecule has 10 nitrogen and oxygen atoms in total. The van der Waals surface area contributed by atoms with E-state index in [9.17, 15) is 18.0 Å². The van der Waals surface area contributed by atoms with Crippen molar-refractivity contribution in [3.05, 3.63) is 41.6 Å². The number of rotatable bonds is 9. The zero-order valence-electron chi connectivity index (χ0n) is 24.8. The van der Waals surface area contributed by atoms with E-state index in [1.165, 1.54) is 18.5 Å². The van der Waals surface area contributed by atoms with Crippen LogP contribution in [0.3, 0.4) is 0 Å². The Morgan fingerprint density at radius 1 is 1.16 bits per heavy atom. The summed E-state index contributed by atoms with van der Waals surface area (Å²) >= 11 is 0. The van der Waals surface area contributed by atoms with E-state index in [4.69, 9.17) is 14.2 Å². The molecule has 1 amide bonds. The molecule has 1 unspecified atom stereocenters. The maximum Gasteiger partial charge on any atom is 0.573 e. The molecule has 3 fully saturated rings. The molecule has 0 aromatic carbocycles. The lowest BCUT2D eigenvalue weighted by Gasteiger charge is -2.38. The first-order valence-corrected chi connectivity index (χ1v) is 15.2. The normalized spacial score (nSPS) is 28.8. The Labute approximate surface area is 250 Å². The Bertz CT molecular complexity index is 1160. The molecule has 238 valence electrons. The fraction of sp³-hybridized carbons (Fsp3) is 0.700. The van der Waals surface area contributed by atoms with Crippen molar-refractivity contribution in [2.24, 2.45) is 5.92 Å². The molecule has 4 heterocycles. The topological polar surface area (TPSA) is 107 Å². The Morgan fingerprint density at radius 3 is 2.70 bits per heavy atom. The number of carbonyl (C=O) groups is 1. The highest BCUT2D eigenvalue weighted by Gasteiger charge is 2.34. The number of aromatic nitrogens is 2. The van der Waals surface area contributed by atoms with Gasteiger partial charge in [0.1, 0.15) is 23.6 Å². The number of allylic oxidation sites excluding steroid dienone is 2. The third-order valence-electron chi connectivity index (χ3n) is 8.81. The molecule has 0 saturated carbocycles. The van der Waals surface area contributed by atoms with Crippen LogP contribution < -0.4 is 10.6 Å². The summed E-state index contributed by atoms with van der Waals surface area (Å²) in [5, 5.41) is 7.06. The minimum atomic E-state index is -4.70. The van der Waals surface area contributed by atoms with Crippen LogP contribution in [0.1, 0.15) is 61.0 Å². The quantitative estimate of drug-likeness (QED) is 0.428. The number of halogens is 3. The van der Waals surface area contributed by atoms with Crippen molar-refractivity contribution in [3.63, 3.8) is 0 Å². The summed E-state index contributed by atoms with van der Waals surface area (Å²) in [6.07, 6.45) is 6.88. The van der Waals surface area contributed by atoms with Gasteiger partial charge in [-0.1, -0.05) is 6.08 Å². The van der Waals surface area contributed by atoms with Crippen molar-refractivity contribution in [1.82, 2.24) is 20.2 Å². The lowest BCUT2D eigenvalue weighted by molar-refractivity contribution is -0.303. The van der Waals surface area contributed by atoms with E-state index in [1.807, 2.05) is 11.8 Å². The van der Waals surface area contributed by atoms with Gasteiger partial charge < -0.3 is 34.5 Å². The van der Waals surface area contributed by atoms with Gasteiger partial charge in [0.2, 0.25) is 0 Å². The highest BCUT2D eigenvalue weighted by Crippen LogP contribution is 2.32. The first-order valence-electron chi connectivity index (χ1n) is 15.2. The molecule has 4 aliphatic rings. The van der Waals surface area contributed by atoms with Gasteiger partial charge in [-0.15, -0.1) is 13.2 Å². The minimum absolute atomic E-state index is 0.00850. The summed E-state index contributed by atoms with van der Waals surface area (Å²) in [6.45, 7) is 4.98. The summed E-state index contributed by atoms with van der Waals surface area (Å²) in [5.74, 6) is 0.312. The van der Waals surface area contributed by atoms with Gasteiger partial charge in [-0.2, -0.15) is 0 Å². The first kappa shape index (κ1) is 31.7. The number of ether oxygens (including phenoxy) is 4. The summed E-state index contributed by atoms with van der Waals surface area (Å²) < 4.78 is 58.9. The maximum absolute atomic E-state index is 13.4. The van der Waals surface area contributed by atoms with Crippen LogP contribution in [0.2, 0.25) is 0 Å². The second kappa shape index (κ2) is 14.4. The van der Waals surface area contributed by atoms with E-state index in [1.54, 1.807) is 13.2 Å². The van der Waals surface area contributed by atoms with E-state index in [0.29, 0.717) is 55.8 Å². The van der Waals surface area contributed by atoms with E-state index >= 15 is 0 Å². The summed E-state index contributed by atoms with van der Waals surface area (Å²) in [4.78, 5) is 24.0. The van der Waals surface area contributed by atoms with E-state index < -0.39 is 6.36 Å². The Kier molecular flexibility index (Phi) is 10.6. The van der Waals surface area contributed by atoms with Crippen LogP contribution in [0.15, 0.2) is 30.3 Å². The molecular weight excluding hydrogens is 567 g/mol. The van der Waals surface area contributed by atoms with Crippen molar-refractivity contribution in [2.45, 2.75) is 88.6 Å². The predicted molar refractivity (Wildman–Crippen MR) is 152 cm³/mol. The largest absolute Gasteiger partial charge is 0.573 e. The van der Waals surface area contributed by atoms with E-state index in [2.05, 4.69) is 25.3 Å². The van der Waals surface area contributed by atoms with E-state index in [0.717, 1.165) is 45.1 Å². The Hall–Kier alpha value is -2.74. The van der Waals surface area contributed by atoms with Gasteiger partial charge >= 0.3 is 6.36 Å². The average Bonchev–Trinajstić information content (AvgIpc) is 3.01. The van der Waals surface area contributed by atoms with Crippen LogP contribution in [-0.2, 0) is 18.9 Å². The molecule has 5 rings (SSSR count). The molecule has 43 heavy (non-hydrogen) atoms. The number of nitrogens with one attached hydrogen (secondary N) is 2. The van der Waals surface area contributed by atoms with Crippen molar-refractivity contribution < 1.29 is 36.9 Å². The standard InChI is InChI=1S/C30H42F3N5O5/c1-19-27(29(39)38-13-10-21(11-14-38)37-24-12-15-41-17-26(24)40-2)35-18-36-28(19)34-16-23-4-3-5-25(42-23)20-6-8-22(9-7-20)43-30(31,32)33/h6,8-9,18,20-21,23-26,37H,3-5,7,10-17H2,1-2H3,(H,34,35,36)/t20?,23-,24+,25+,26-/m1/s1. The van der Waals surface area contributed by atoms with Gasteiger partial charge in [-0.3, -0.25) is 4.79 Å². The summed E-state index contributed by atoms with van der Waals surface area (Å²) in [7, 11) is 1.71. The summed E-state index contributed by atoms with van der Waals surface area (Å²) in [5.41, 5.74) is 1.09. The molecule has 2 N–H and O–H groups in total. The molecule has 3 saturated heterocycles. The van der Waals surface area contributed by atoms with Crippen molar-refractivity contribution in [2.75, 3.05) is 45.3 Å². The molecule has 0 bridgehead atoms. The number of hydrogen-bond donors (Lipinski definition) is 2. The summed E-state index contributed by atoms with van der Waals surface area (Å²) in [6, 6.07) is 0.581. The SMILES string of the molecule is CO[C@@H]1COCC[C@@H]1NC1CCN(C(=O)c2ncnc(NC[C@H]3CCC[C@@H](C4C=CC(OC(F)(F)F)=CC4)O3)c2C)CC1. The number of likely N-dealkylation sites (tertiary alicyclic amines) is 1. The van der Waals surface area contributed by atoms with Gasteiger partial charge in [0.25, 0.3) is 5.91 Å². The Balaban J connectivity index is 1.10. The number of nitrogens with zero attached hydrogens (tertiary/aromatic N) is 3. The third kappa shape index (κ3) is 8.46. The molecule has 0 radical (unpaired) electrons. The molecule has 1 aliphatic carbocycles. The van der Waals surface area contributed by atoms with Crippen LogP contribution in [-0.4, -0.2) is 97.5 Å². The molecule has 3 aliphatic heterocycles. The number of hydrogen-bond acceptors (Lipinski definition) is 9. The number of methoxy groups -OCH3 is 1. The van der Waals surface area contributed by atoms with Crippen LogP contribution in [0.4, 0.5) is 19.0 Å². The zero-order valence-corrected chi connectivity index (χ0v) is 24.8. The lowest BCUT2D eigenvalue weighted by Crippen LogP contribution is -2.54. The predicted octanol–water partition coefficient (Wildman–Crippen LogP) is 4.13. The van der Waals surface area contributed by atoms with Gasteiger partial charge in [0, 0.05) is 56.9 Å². The number of piperidine rings is 1. The fourth-order valence-corrected chi connectivity index (χ4v) is 6.39. The van der Waals surface area contributed by atoms with Crippen molar-refractivity contribution in [1.29, 1.82) is 0 Å². The van der Waals surface area contributed by atoms with Gasteiger partial charge in [-0.25, -0.2) is 9.97 Å². The fourth-order valence-electron chi connectivity index (χ4n) is 6.39. The molecule has 1 aromatic heterocycles. The third-order valence-corrected chi connectivity index (χ3v) is 8.81. The average molecular weight is 610 g/mol. The van der Waals surface area contributed by atoms with Crippen LogP contribution >= 0.6 is 0 Å². The molecule has 0 spiro atoms. The smallest absolute Gasteiger partial charge is 0.406 e. The van der Waals surface area contributed by atoms with Gasteiger partial charge in [-0.05, 0) is 64.0 Å². The zero-order chi connectivity index (χ0) is 30.4. The van der Waals surface area contributed by atoms with Gasteiger partial charge in [0.05, 0.1) is 24.9 Å². The number of anilines is 1. The first-order chi connectivity index (χ1) is 20.7. The van der Waals surface area contributed by atoms with Crippen molar-refractivity contribution >= 4 is 11.7 Å². The minimum Gasteiger partial charge on any atom is -0.406 e. The maximum atomic E-state index is 13.4. The Morgan fingerprint density at radius 2 is 1.98 bits per heavy atom. The lowest BCUT2D eigenvalue weighted by atomic mass is 9.88. The molecule has 5 atom stereocenters. The van der Waals surface area contributed by atoms with Crippen LogP contribution in [0.25, 0.3) is 0 Å². The highest BCUT2D eigenvalue weighted by atomic mass is 19.4. The van der Waals surface area contributed by atoms with E-state index in [-0.39, 0.29) is 41.9 Å². The highest BCUT2D eigenvalue weighted by molar-refractivity contribution is 5.94. The second-order valence-electron chi connectivity index (χ2n) is 11.7. The molecule has 13 heteroatoms.